The molecule has 0 bridgehead atoms. The van der Waals surface area contributed by atoms with Crippen LogP contribution in [0.15, 0.2) is 6.20 Å². The lowest BCUT2D eigenvalue weighted by Crippen LogP contribution is -2.27. The van der Waals surface area contributed by atoms with Crippen LogP contribution in [-0.2, 0) is 12.8 Å². The van der Waals surface area contributed by atoms with Crippen molar-refractivity contribution in [2.75, 3.05) is 13.1 Å². The first-order valence-electron chi connectivity index (χ1n) is 7.65. The van der Waals surface area contributed by atoms with Gasteiger partial charge in [-0.25, -0.2) is 9.97 Å². The average Bonchev–Trinajstić information content (AvgIpc) is 3.04. The molecule has 3 heteroatoms. The Hall–Kier alpha value is -0.960. The van der Waals surface area contributed by atoms with E-state index in [1.807, 2.05) is 0 Å². The van der Waals surface area contributed by atoms with Crippen molar-refractivity contribution in [1.29, 1.82) is 0 Å². The molecule has 19 heavy (non-hydrogen) atoms. The second-order valence-corrected chi connectivity index (χ2v) is 6.86. The van der Waals surface area contributed by atoms with Crippen LogP contribution in [-0.4, -0.2) is 23.1 Å². The van der Waals surface area contributed by atoms with E-state index in [2.05, 4.69) is 37.3 Å². The van der Waals surface area contributed by atoms with Gasteiger partial charge >= 0.3 is 0 Å². The third-order valence-electron chi connectivity index (χ3n) is 4.78. The first-order chi connectivity index (χ1) is 9.10. The van der Waals surface area contributed by atoms with Crippen LogP contribution >= 0.6 is 0 Å². The van der Waals surface area contributed by atoms with Gasteiger partial charge in [-0.2, -0.15) is 0 Å². The van der Waals surface area contributed by atoms with Crippen molar-refractivity contribution in [3.63, 3.8) is 0 Å². The van der Waals surface area contributed by atoms with Gasteiger partial charge in [-0.05, 0) is 55.7 Å². The van der Waals surface area contributed by atoms with E-state index in [1.54, 1.807) is 0 Å². The van der Waals surface area contributed by atoms with Crippen molar-refractivity contribution >= 4 is 0 Å². The highest BCUT2D eigenvalue weighted by atomic mass is 14.9. The van der Waals surface area contributed by atoms with E-state index in [0.29, 0.717) is 11.3 Å². The van der Waals surface area contributed by atoms with E-state index in [1.165, 1.54) is 24.1 Å². The first kappa shape index (κ1) is 13.0. The lowest BCUT2D eigenvalue weighted by Gasteiger charge is -2.24. The molecular weight excluding hydrogens is 234 g/mol. The lowest BCUT2D eigenvalue weighted by atomic mass is 9.87. The van der Waals surface area contributed by atoms with E-state index in [9.17, 15) is 0 Å². The highest BCUT2D eigenvalue weighted by Gasteiger charge is 2.48. The SMILES string of the molecule is CCNCC1CCc2nc(C3CC3(C)C)ncc2C1. The number of aromatic nitrogens is 2. The molecule has 0 aliphatic heterocycles. The van der Waals surface area contributed by atoms with Crippen LogP contribution in [0.4, 0.5) is 0 Å². The minimum Gasteiger partial charge on any atom is -0.317 e. The summed E-state index contributed by atoms with van der Waals surface area (Å²) in [4.78, 5) is 9.49. The Morgan fingerprint density at radius 1 is 1.42 bits per heavy atom. The standard InChI is InChI=1S/C16H25N3/c1-4-17-9-11-5-6-14-12(7-11)10-18-15(19-14)13-8-16(13,2)3/h10-11,13,17H,4-9H2,1-3H3. The second-order valence-electron chi connectivity index (χ2n) is 6.86. The fourth-order valence-electron chi connectivity index (χ4n) is 3.20. The maximum Gasteiger partial charge on any atom is 0.132 e. The number of aryl methyl sites for hydroxylation is 1. The molecule has 1 aromatic rings. The molecule has 0 aromatic carbocycles. The maximum absolute atomic E-state index is 4.85. The summed E-state index contributed by atoms with van der Waals surface area (Å²) in [6.07, 6.45) is 6.90. The molecule has 0 spiro atoms. The minimum absolute atomic E-state index is 0.427. The third-order valence-corrected chi connectivity index (χ3v) is 4.78. The normalized spacial score (nSPS) is 27.9. The predicted octanol–water partition coefficient (Wildman–Crippen LogP) is 2.70. The molecular formula is C16H25N3. The highest BCUT2D eigenvalue weighted by molar-refractivity contribution is 5.25. The van der Waals surface area contributed by atoms with Crippen LogP contribution in [0.3, 0.4) is 0 Å². The molecule has 1 aromatic heterocycles. The molecule has 0 saturated heterocycles. The molecule has 3 nitrogen and oxygen atoms in total. The Labute approximate surface area is 116 Å². The van der Waals surface area contributed by atoms with Crippen LogP contribution in [0.2, 0.25) is 0 Å². The van der Waals surface area contributed by atoms with Gasteiger partial charge in [-0.3, -0.25) is 0 Å². The topological polar surface area (TPSA) is 37.8 Å². The molecule has 1 fully saturated rings. The Morgan fingerprint density at radius 3 is 2.89 bits per heavy atom. The monoisotopic (exact) mass is 259 g/mol. The number of nitrogens with zero attached hydrogens (tertiary/aromatic N) is 2. The zero-order chi connectivity index (χ0) is 13.5. The number of nitrogens with one attached hydrogen (secondary N) is 1. The molecule has 2 aliphatic carbocycles. The molecule has 0 amide bonds. The molecule has 1 heterocycles. The van der Waals surface area contributed by atoms with Crippen LogP contribution in [0.1, 0.15) is 56.6 Å². The quantitative estimate of drug-likeness (QED) is 0.903. The Kier molecular flexibility index (Phi) is 3.34. The lowest BCUT2D eigenvalue weighted by molar-refractivity contribution is 0.423. The predicted molar refractivity (Wildman–Crippen MR) is 77.2 cm³/mol. The van der Waals surface area contributed by atoms with E-state index in [4.69, 9.17) is 4.98 Å². The number of rotatable bonds is 4. The van der Waals surface area contributed by atoms with Crippen molar-refractivity contribution in [3.05, 3.63) is 23.3 Å². The van der Waals surface area contributed by atoms with Crippen molar-refractivity contribution in [2.45, 2.75) is 52.4 Å². The summed E-state index contributed by atoms with van der Waals surface area (Å²) < 4.78 is 0. The Bertz CT molecular complexity index is 467. The molecule has 0 radical (unpaired) electrons. The van der Waals surface area contributed by atoms with E-state index in [0.717, 1.165) is 37.7 Å². The van der Waals surface area contributed by atoms with Gasteiger partial charge in [0.2, 0.25) is 0 Å². The van der Waals surface area contributed by atoms with E-state index in [-0.39, 0.29) is 0 Å². The van der Waals surface area contributed by atoms with E-state index >= 15 is 0 Å². The van der Waals surface area contributed by atoms with Crippen molar-refractivity contribution in [3.8, 4) is 0 Å². The van der Waals surface area contributed by atoms with Crippen LogP contribution in [0, 0.1) is 11.3 Å². The number of hydrogen-bond donors (Lipinski definition) is 1. The smallest absolute Gasteiger partial charge is 0.132 e. The van der Waals surface area contributed by atoms with E-state index < -0.39 is 0 Å². The van der Waals surface area contributed by atoms with Gasteiger partial charge in [0.1, 0.15) is 5.82 Å². The van der Waals surface area contributed by atoms with Gasteiger partial charge in [0.05, 0.1) is 0 Å². The van der Waals surface area contributed by atoms with Gasteiger partial charge in [0, 0.05) is 17.8 Å². The Balaban J connectivity index is 1.70. The molecule has 2 atom stereocenters. The summed E-state index contributed by atoms with van der Waals surface area (Å²) >= 11 is 0. The van der Waals surface area contributed by atoms with Gasteiger partial charge in [0.25, 0.3) is 0 Å². The average molecular weight is 259 g/mol. The fraction of sp³-hybridized carbons (Fsp3) is 0.750. The molecule has 1 N–H and O–H groups in total. The van der Waals surface area contributed by atoms with Crippen molar-refractivity contribution in [1.82, 2.24) is 15.3 Å². The summed E-state index contributed by atoms with van der Waals surface area (Å²) in [6, 6.07) is 0. The largest absolute Gasteiger partial charge is 0.317 e. The molecule has 3 rings (SSSR count). The summed E-state index contributed by atoms with van der Waals surface area (Å²) in [5.74, 6) is 2.45. The zero-order valence-corrected chi connectivity index (χ0v) is 12.4. The third kappa shape index (κ3) is 2.66. The number of hydrogen-bond acceptors (Lipinski definition) is 3. The van der Waals surface area contributed by atoms with Gasteiger partial charge in [0.15, 0.2) is 0 Å². The Morgan fingerprint density at radius 2 is 2.21 bits per heavy atom. The highest BCUT2D eigenvalue weighted by Crippen LogP contribution is 2.57. The minimum atomic E-state index is 0.427. The van der Waals surface area contributed by atoms with Crippen molar-refractivity contribution in [2.24, 2.45) is 11.3 Å². The van der Waals surface area contributed by atoms with Crippen LogP contribution < -0.4 is 5.32 Å². The summed E-state index contributed by atoms with van der Waals surface area (Å²) in [6.45, 7) is 8.99. The first-order valence-corrected chi connectivity index (χ1v) is 7.65. The fourth-order valence-corrected chi connectivity index (χ4v) is 3.20. The van der Waals surface area contributed by atoms with Crippen LogP contribution in [0.25, 0.3) is 0 Å². The number of fused-ring (bicyclic) bond motifs is 1. The summed E-state index contributed by atoms with van der Waals surface area (Å²) in [5.41, 5.74) is 3.13. The van der Waals surface area contributed by atoms with Gasteiger partial charge in [-0.15, -0.1) is 0 Å². The van der Waals surface area contributed by atoms with Crippen molar-refractivity contribution < 1.29 is 0 Å². The van der Waals surface area contributed by atoms with Gasteiger partial charge in [-0.1, -0.05) is 20.8 Å². The second kappa shape index (κ2) is 4.86. The summed E-state index contributed by atoms with van der Waals surface area (Å²) in [5, 5.41) is 3.46. The molecule has 104 valence electrons. The molecule has 2 unspecified atom stereocenters. The van der Waals surface area contributed by atoms with Crippen LogP contribution in [0.5, 0.6) is 0 Å². The molecule has 2 aliphatic rings. The maximum atomic E-state index is 4.85. The summed E-state index contributed by atoms with van der Waals surface area (Å²) in [7, 11) is 0. The van der Waals surface area contributed by atoms with Gasteiger partial charge < -0.3 is 5.32 Å². The zero-order valence-electron chi connectivity index (χ0n) is 12.4. The molecule has 1 saturated carbocycles.